The molecule has 1 N–H and O–H groups in total. The summed E-state index contributed by atoms with van der Waals surface area (Å²) in [6.07, 6.45) is 0.287. The predicted molar refractivity (Wildman–Crippen MR) is 97.5 cm³/mol. The van der Waals surface area contributed by atoms with E-state index in [1.54, 1.807) is 29.2 Å². The van der Waals surface area contributed by atoms with Gasteiger partial charge in [-0.15, -0.1) is 0 Å². The lowest BCUT2D eigenvalue weighted by atomic mass is 9.91. The van der Waals surface area contributed by atoms with Gasteiger partial charge in [0.15, 0.2) is 0 Å². The number of urea groups is 1. The fourth-order valence-corrected chi connectivity index (χ4v) is 3.45. The molecule has 26 heavy (non-hydrogen) atoms. The lowest BCUT2D eigenvalue weighted by molar-refractivity contribution is -0.232. The third-order valence-corrected chi connectivity index (χ3v) is 4.91. The van der Waals surface area contributed by atoms with Crippen LogP contribution in [0.1, 0.15) is 12.0 Å². The van der Waals surface area contributed by atoms with Crippen molar-refractivity contribution in [1.29, 1.82) is 0 Å². The van der Waals surface area contributed by atoms with E-state index in [0.717, 1.165) is 5.56 Å². The number of halogens is 1. The van der Waals surface area contributed by atoms with Gasteiger partial charge < -0.3 is 10.2 Å². The van der Waals surface area contributed by atoms with Crippen molar-refractivity contribution in [3.8, 4) is 0 Å². The minimum atomic E-state index is -0.607. The number of nitrogens with zero attached hydrogens (tertiary/aromatic N) is 2. The Balaban J connectivity index is 1.34. The topological polar surface area (TPSA) is 61.9 Å². The Morgan fingerprint density at radius 1 is 1.12 bits per heavy atom. The quantitative estimate of drug-likeness (QED) is 0.900. The summed E-state index contributed by atoms with van der Waals surface area (Å²) in [6, 6.07) is 16.5. The Morgan fingerprint density at radius 3 is 2.54 bits per heavy atom. The van der Waals surface area contributed by atoms with Gasteiger partial charge in [-0.25, -0.2) is 9.86 Å². The summed E-state index contributed by atoms with van der Waals surface area (Å²) in [4.78, 5) is 32.1. The zero-order chi connectivity index (χ0) is 18.1. The molecule has 0 radical (unpaired) electrons. The van der Waals surface area contributed by atoms with Crippen molar-refractivity contribution in [3.05, 3.63) is 65.2 Å². The molecule has 0 aromatic heterocycles. The van der Waals surface area contributed by atoms with E-state index in [1.807, 2.05) is 30.3 Å². The van der Waals surface area contributed by atoms with Crippen LogP contribution in [0.3, 0.4) is 0 Å². The smallest absolute Gasteiger partial charge is 0.318 e. The normalized spacial score (nSPS) is 18.1. The molecule has 6 nitrogen and oxygen atoms in total. The Bertz CT molecular complexity index is 837. The summed E-state index contributed by atoms with van der Waals surface area (Å²) in [7, 11) is 0. The number of para-hydroxylation sites is 1. The largest absolute Gasteiger partial charge is 0.322 e. The van der Waals surface area contributed by atoms with Crippen LogP contribution >= 0.6 is 11.6 Å². The van der Waals surface area contributed by atoms with Gasteiger partial charge >= 0.3 is 6.03 Å². The number of hydrogen-bond donors (Lipinski definition) is 1. The molecule has 0 bridgehead atoms. The fraction of sp³-hybridized carbons (Fsp3) is 0.263. The molecule has 0 unspecified atom stereocenters. The van der Waals surface area contributed by atoms with Crippen LogP contribution in [-0.4, -0.2) is 40.6 Å². The summed E-state index contributed by atoms with van der Waals surface area (Å²) in [5.74, 6) is -0.0555. The Labute approximate surface area is 156 Å². The molecular formula is C19H18ClN3O3. The van der Waals surface area contributed by atoms with Crippen molar-refractivity contribution >= 4 is 29.2 Å². The number of benzene rings is 2. The molecule has 0 atom stereocenters. The molecule has 2 fully saturated rings. The first-order chi connectivity index (χ1) is 12.5. The second kappa shape index (κ2) is 6.63. The van der Waals surface area contributed by atoms with E-state index in [9.17, 15) is 9.59 Å². The first-order valence-electron chi connectivity index (χ1n) is 8.39. The van der Waals surface area contributed by atoms with Gasteiger partial charge in [0.05, 0.1) is 36.8 Å². The number of hydroxylamine groups is 2. The van der Waals surface area contributed by atoms with Crippen LogP contribution in [0.5, 0.6) is 0 Å². The Morgan fingerprint density at radius 2 is 1.81 bits per heavy atom. The van der Waals surface area contributed by atoms with Crippen LogP contribution in [0, 0.1) is 0 Å². The number of carbonyl (C=O) groups is 2. The summed E-state index contributed by atoms with van der Waals surface area (Å²) >= 11 is 6.06. The highest BCUT2D eigenvalue weighted by Gasteiger charge is 2.54. The van der Waals surface area contributed by atoms with Crippen molar-refractivity contribution in [2.45, 2.75) is 18.6 Å². The number of carbonyl (C=O) groups excluding carboxylic acids is 2. The van der Waals surface area contributed by atoms with Crippen molar-refractivity contribution in [2.75, 3.05) is 18.4 Å². The molecule has 2 aromatic rings. The molecule has 1 spiro atoms. The summed E-state index contributed by atoms with van der Waals surface area (Å²) in [5, 5.41) is 4.67. The molecule has 2 aromatic carbocycles. The average molecular weight is 372 g/mol. The zero-order valence-corrected chi connectivity index (χ0v) is 14.8. The predicted octanol–water partition coefficient (Wildman–Crippen LogP) is 3.29. The molecule has 7 heteroatoms. The standard InChI is InChI=1S/C19H18ClN3O3/c20-15-8-4-5-9-16(15)21-18(25)22-12-19(13-22)10-17(24)23(26-19)11-14-6-2-1-3-7-14/h1-9H,10-13H2,(H,21,25). The maximum absolute atomic E-state index is 12.3. The van der Waals surface area contributed by atoms with Gasteiger partial charge in [0, 0.05) is 0 Å². The van der Waals surface area contributed by atoms with Crippen LogP contribution in [0.2, 0.25) is 5.02 Å². The highest BCUT2D eigenvalue weighted by Crippen LogP contribution is 2.37. The molecule has 3 amide bonds. The van der Waals surface area contributed by atoms with Gasteiger partial charge in [-0.3, -0.25) is 9.63 Å². The number of rotatable bonds is 3. The monoisotopic (exact) mass is 371 g/mol. The molecule has 2 heterocycles. The third kappa shape index (κ3) is 3.25. The maximum Gasteiger partial charge on any atom is 0.322 e. The summed E-state index contributed by atoms with van der Waals surface area (Å²) in [5.41, 5.74) is 0.962. The van der Waals surface area contributed by atoms with Gasteiger partial charge in [0.25, 0.3) is 0 Å². The van der Waals surface area contributed by atoms with Gasteiger partial charge in [-0.1, -0.05) is 54.1 Å². The molecule has 0 aliphatic carbocycles. The second-order valence-electron chi connectivity index (χ2n) is 6.63. The van der Waals surface area contributed by atoms with Crippen molar-refractivity contribution in [1.82, 2.24) is 9.96 Å². The third-order valence-electron chi connectivity index (χ3n) is 4.59. The van der Waals surface area contributed by atoms with E-state index in [1.165, 1.54) is 5.06 Å². The van der Waals surface area contributed by atoms with Crippen molar-refractivity contribution in [2.24, 2.45) is 0 Å². The second-order valence-corrected chi connectivity index (χ2v) is 7.04. The first kappa shape index (κ1) is 16.9. The molecule has 2 aliphatic rings. The highest BCUT2D eigenvalue weighted by molar-refractivity contribution is 6.33. The van der Waals surface area contributed by atoms with Gasteiger partial charge in [-0.05, 0) is 17.7 Å². The fourth-order valence-electron chi connectivity index (χ4n) is 3.27. The van der Waals surface area contributed by atoms with E-state index in [2.05, 4.69) is 5.32 Å². The SMILES string of the molecule is O=C(Nc1ccccc1Cl)N1CC2(CC(=O)N(Cc3ccccc3)O2)C1. The Hall–Kier alpha value is -2.57. The van der Waals surface area contributed by atoms with E-state index < -0.39 is 5.60 Å². The van der Waals surface area contributed by atoms with Crippen LogP contribution in [-0.2, 0) is 16.2 Å². The van der Waals surface area contributed by atoms with Crippen molar-refractivity contribution in [3.63, 3.8) is 0 Å². The zero-order valence-electron chi connectivity index (χ0n) is 14.0. The van der Waals surface area contributed by atoms with Crippen LogP contribution in [0.15, 0.2) is 54.6 Å². The number of hydrogen-bond acceptors (Lipinski definition) is 3. The molecule has 0 saturated carbocycles. The lowest BCUT2D eigenvalue weighted by Crippen LogP contribution is -2.64. The van der Waals surface area contributed by atoms with E-state index >= 15 is 0 Å². The minimum Gasteiger partial charge on any atom is -0.318 e. The first-order valence-corrected chi connectivity index (χ1v) is 8.76. The molecule has 2 aliphatic heterocycles. The van der Waals surface area contributed by atoms with E-state index in [4.69, 9.17) is 16.4 Å². The molecule has 2 saturated heterocycles. The van der Waals surface area contributed by atoms with E-state index in [0.29, 0.717) is 30.3 Å². The summed E-state index contributed by atoms with van der Waals surface area (Å²) < 4.78 is 0. The average Bonchev–Trinajstić information content (AvgIpc) is 2.93. The van der Waals surface area contributed by atoms with E-state index in [-0.39, 0.29) is 18.4 Å². The van der Waals surface area contributed by atoms with Crippen LogP contribution in [0.4, 0.5) is 10.5 Å². The molecule has 134 valence electrons. The van der Waals surface area contributed by atoms with Crippen LogP contribution in [0.25, 0.3) is 0 Å². The van der Waals surface area contributed by atoms with Gasteiger partial charge in [-0.2, -0.15) is 0 Å². The maximum atomic E-state index is 12.3. The van der Waals surface area contributed by atoms with Crippen LogP contribution < -0.4 is 5.32 Å². The highest BCUT2D eigenvalue weighted by atomic mass is 35.5. The lowest BCUT2D eigenvalue weighted by Gasteiger charge is -2.45. The van der Waals surface area contributed by atoms with Gasteiger partial charge in [0.1, 0.15) is 5.60 Å². The Kier molecular flexibility index (Phi) is 4.30. The minimum absolute atomic E-state index is 0.0555. The molecular weight excluding hydrogens is 354 g/mol. The van der Waals surface area contributed by atoms with Gasteiger partial charge in [0.2, 0.25) is 5.91 Å². The molecule has 4 rings (SSSR count). The number of likely N-dealkylation sites (tertiary alicyclic amines) is 1. The summed E-state index contributed by atoms with van der Waals surface area (Å²) in [6.45, 7) is 1.16. The van der Waals surface area contributed by atoms with Crippen molar-refractivity contribution < 1.29 is 14.4 Å². The number of amides is 3. The number of nitrogens with one attached hydrogen (secondary N) is 1. The number of anilines is 1.